The summed E-state index contributed by atoms with van der Waals surface area (Å²) >= 11 is 0. The van der Waals surface area contributed by atoms with Crippen molar-refractivity contribution >= 4 is 22.1 Å². The molecule has 0 saturated heterocycles. The van der Waals surface area contributed by atoms with Crippen molar-refractivity contribution in [3.8, 4) is 0 Å². The van der Waals surface area contributed by atoms with E-state index in [-0.39, 0.29) is 18.8 Å². The second kappa shape index (κ2) is 22.3. The van der Waals surface area contributed by atoms with Crippen molar-refractivity contribution in [1.29, 1.82) is 0 Å². The summed E-state index contributed by atoms with van der Waals surface area (Å²) in [6.07, 6.45) is 25.2. The van der Waals surface area contributed by atoms with Gasteiger partial charge in [0.05, 0.1) is 24.3 Å². The van der Waals surface area contributed by atoms with E-state index in [0.717, 1.165) is 44.6 Å². The molecule has 226 valence electrons. The monoisotopic (exact) mass is 578 g/mol. The molecule has 1 rings (SSSR count). The summed E-state index contributed by atoms with van der Waals surface area (Å²) in [5.41, 5.74) is -0.730. The van der Waals surface area contributed by atoms with Crippen molar-refractivity contribution in [3.63, 3.8) is 0 Å². The van der Waals surface area contributed by atoms with Gasteiger partial charge in [-0.25, -0.2) is 9.59 Å². The number of unbranched alkanes of at least 4 members (excludes halogenated alkanes) is 12. The van der Waals surface area contributed by atoms with E-state index in [1.54, 1.807) is 0 Å². The Balaban J connectivity index is 2.55. The SMILES string of the molecule is CCCCCC/C=C/CCCCOC(=O)c1cccc(S(=O)(=O)O)c1C(=O)OCCCC/C=C/CCCCCC. The molecule has 0 aliphatic heterocycles. The molecule has 0 bridgehead atoms. The van der Waals surface area contributed by atoms with E-state index in [4.69, 9.17) is 9.47 Å². The minimum absolute atomic E-state index is 0.0730. The molecule has 0 radical (unpaired) electrons. The lowest BCUT2D eigenvalue weighted by Gasteiger charge is -2.12. The van der Waals surface area contributed by atoms with E-state index >= 15 is 0 Å². The number of hydrogen-bond acceptors (Lipinski definition) is 6. The van der Waals surface area contributed by atoms with E-state index in [1.807, 2.05) is 0 Å². The van der Waals surface area contributed by atoms with Crippen LogP contribution in [0.3, 0.4) is 0 Å². The van der Waals surface area contributed by atoms with Crippen molar-refractivity contribution in [2.45, 2.75) is 121 Å². The van der Waals surface area contributed by atoms with Gasteiger partial charge in [0.1, 0.15) is 4.90 Å². The van der Waals surface area contributed by atoms with E-state index in [1.165, 1.54) is 63.5 Å². The van der Waals surface area contributed by atoms with Gasteiger partial charge >= 0.3 is 11.9 Å². The predicted octanol–water partition coefficient (Wildman–Crippen LogP) is 8.64. The van der Waals surface area contributed by atoms with Crippen LogP contribution in [0.15, 0.2) is 47.4 Å². The summed E-state index contributed by atoms with van der Waals surface area (Å²) in [5.74, 6) is -1.80. The van der Waals surface area contributed by atoms with Gasteiger partial charge < -0.3 is 9.47 Å². The average molecular weight is 579 g/mol. The topological polar surface area (TPSA) is 107 Å². The zero-order chi connectivity index (χ0) is 29.5. The third-order valence-electron chi connectivity index (χ3n) is 6.51. The quantitative estimate of drug-likeness (QED) is 0.0599. The first kappa shape index (κ1) is 35.6. The van der Waals surface area contributed by atoms with Gasteiger partial charge in [-0.15, -0.1) is 0 Å². The zero-order valence-electron chi connectivity index (χ0n) is 24.6. The summed E-state index contributed by atoms with van der Waals surface area (Å²) in [6.45, 7) is 4.59. The molecule has 0 amide bonds. The van der Waals surface area contributed by atoms with Crippen LogP contribution in [0.5, 0.6) is 0 Å². The van der Waals surface area contributed by atoms with Gasteiger partial charge in [0.25, 0.3) is 10.1 Å². The second-order valence-corrected chi connectivity index (χ2v) is 11.4. The van der Waals surface area contributed by atoms with E-state index < -0.39 is 32.5 Å². The molecule has 0 heterocycles. The van der Waals surface area contributed by atoms with Crippen LogP contribution in [0.1, 0.15) is 137 Å². The first-order valence-electron chi connectivity index (χ1n) is 15.1. The minimum Gasteiger partial charge on any atom is -0.462 e. The first-order chi connectivity index (χ1) is 19.3. The number of ether oxygens (including phenoxy) is 2. The first-order valence-corrected chi connectivity index (χ1v) is 16.5. The minimum atomic E-state index is -4.76. The maximum atomic E-state index is 12.8. The Labute approximate surface area is 242 Å². The fraction of sp³-hybridized carbons (Fsp3) is 0.625. The zero-order valence-corrected chi connectivity index (χ0v) is 25.4. The summed E-state index contributed by atoms with van der Waals surface area (Å²) in [7, 11) is -4.76. The Morgan fingerprint density at radius 1 is 0.675 bits per heavy atom. The largest absolute Gasteiger partial charge is 0.462 e. The summed E-state index contributed by atoms with van der Waals surface area (Å²) in [4.78, 5) is 24.9. The van der Waals surface area contributed by atoms with Crippen LogP contribution in [0.4, 0.5) is 0 Å². The maximum Gasteiger partial charge on any atom is 0.340 e. The Morgan fingerprint density at radius 3 is 1.57 bits per heavy atom. The van der Waals surface area contributed by atoms with Crippen molar-refractivity contribution in [2.24, 2.45) is 0 Å². The lowest BCUT2D eigenvalue weighted by atomic mass is 10.1. The molecular weight excluding hydrogens is 528 g/mol. The highest BCUT2D eigenvalue weighted by Gasteiger charge is 2.28. The van der Waals surface area contributed by atoms with Crippen LogP contribution in [0, 0.1) is 0 Å². The fourth-order valence-electron chi connectivity index (χ4n) is 4.18. The van der Waals surface area contributed by atoms with Gasteiger partial charge in [-0.2, -0.15) is 8.42 Å². The molecule has 0 aliphatic carbocycles. The standard InChI is InChI=1S/C32H50O7S/c1-3-5-7-9-11-13-15-17-19-21-26-38-31(33)28-24-23-25-29(40(35,36)37)30(28)32(34)39-27-22-20-18-16-14-12-10-8-6-4-2/h13-16,23-25H,3-12,17-22,26-27H2,1-2H3,(H,35,36,37)/b15-13+,16-14+. The number of hydrogen-bond donors (Lipinski definition) is 1. The molecule has 1 aromatic rings. The molecule has 8 heteroatoms. The van der Waals surface area contributed by atoms with Crippen molar-refractivity contribution in [2.75, 3.05) is 13.2 Å². The second-order valence-electron chi connectivity index (χ2n) is 10.1. The van der Waals surface area contributed by atoms with Crippen LogP contribution in [0.25, 0.3) is 0 Å². The van der Waals surface area contributed by atoms with E-state index in [0.29, 0.717) is 12.8 Å². The highest BCUT2D eigenvalue weighted by Crippen LogP contribution is 2.22. The molecule has 0 fully saturated rings. The van der Waals surface area contributed by atoms with Gasteiger partial charge in [-0.1, -0.05) is 82.7 Å². The number of rotatable bonds is 23. The predicted molar refractivity (Wildman–Crippen MR) is 160 cm³/mol. The van der Waals surface area contributed by atoms with Crippen LogP contribution in [-0.4, -0.2) is 38.1 Å². The lowest BCUT2D eigenvalue weighted by Crippen LogP contribution is -2.19. The normalized spacial score (nSPS) is 11.9. The van der Waals surface area contributed by atoms with Gasteiger partial charge in [-0.05, 0) is 76.3 Å². The smallest absolute Gasteiger partial charge is 0.340 e. The van der Waals surface area contributed by atoms with Crippen molar-refractivity contribution < 1.29 is 32.0 Å². The van der Waals surface area contributed by atoms with E-state index in [9.17, 15) is 22.6 Å². The maximum absolute atomic E-state index is 12.8. The van der Waals surface area contributed by atoms with Crippen molar-refractivity contribution in [1.82, 2.24) is 0 Å². The van der Waals surface area contributed by atoms with Gasteiger partial charge in [0.2, 0.25) is 0 Å². The average Bonchev–Trinajstić information content (AvgIpc) is 2.93. The van der Waals surface area contributed by atoms with Gasteiger partial charge in [0.15, 0.2) is 0 Å². The lowest BCUT2D eigenvalue weighted by molar-refractivity contribution is 0.0447. The number of esters is 2. The summed E-state index contributed by atoms with van der Waals surface area (Å²) in [6, 6.07) is 3.67. The van der Waals surface area contributed by atoms with Gasteiger partial charge in [-0.3, -0.25) is 4.55 Å². The Morgan fingerprint density at radius 2 is 1.12 bits per heavy atom. The third kappa shape index (κ3) is 16.0. The van der Waals surface area contributed by atoms with Crippen LogP contribution >= 0.6 is 0 Å². The molecule has 40 heavy (non-hydrogen) atoms. The molecule has 1 N–H and O–H groups in total. The highest BCUT2D eigenvalue weighted by atomic mass is 32.2. The molecule has 0 spiro atoms. The Kier molecular flexibility index (Phi) is 19.8. The Bertz CT molecular complexity index is 1010. The van der Waals surface area contributed by atoms with Gasteiger partial charge in [0, 0.05) is 0 Å². The molecule has 1 aromatic carbocycles. The molecule has 0 aliphatic rings. The molecular formula is C32H50O7S. The summed E-state index contributed by atoms with van der Waals surface area (Å²) < 4.78 is 44.1. The fourth-order valence-corrected chi connectivity index (χ4v) is 4.89. The summed E-state index contributed by atoms with van der Waals surface area (Å²) in [5, 5.41) is 0. The van der Waals surface area contributed by atoms with E-state index in [2.05, 4.69) is 38.2 Å². The molecule has 7 nitrogen and oxygen atoms in total. The number of benzene rings is 1. The van der Waals surface area contributed by atoms with Crippen LogP contribution in [-0.2, 0) is 19.6 Å². The Hall–Kier alpha value is -2.45. The number of allylic oxidation sites excluding steroid dienone is 4. The highest BCUT2D eigenvalue weighted by molar-refractivity contribution is 7.86. The third-order valence-corrected chi connectivity index (χ3v) is 7.40. The van der Waals surface area contributed by atoms with Crippen LogP contribution < -0.4 is 0 Å². The molecule has 0 aromatic heterocycles. The van der Waals surface area contributed by atoms with Crippen LogP contribution in [0.2, 0.25) is 0 Å². The molecule has 0 atom stereocenters. The number of carbonyl (C=O) groups is 2. The molecule has 0 saturated carbocycles. The molecule has 0 unspecified atom stereocenters. The number of carbonyl (C=O) groups excluding carboxylic acids is 2. The van der Waals surface area contributed by atoms with Crippen molar-refractivity contribution in [3.05, 3.63) is 53.6 Å².